The van der Waals surface area contributed by atoms with Crippen molar-refractivity contribution in [3.8, 4) is 11.8 Å². The SMILES string of the molecule is C=CCOC1CC(n2cc(C#CCN)c3c(N)ncnc32)OC1CC. The van der Waals surface area contributed by atoms with E-state index < -0.39 is 0 Å². The molecule has 0 radical (unpaired) electrons. The monoisotopic (exact) mass is 341 g/mol. The summed E-state index contributed by atoms with van der Waals surface area (Å²) in [6, 6.07) is 0. The molecule has 7 nitrogen and oxygen atoms in total. The third-order valence-electron chi connectivity index (χ3n) is 4.29. The summed E-state index contributed by atoms with van der Waals surface area (Å²) in [4.78, 5) is 8.47. The van der Waals surface area contributed by atoms with Crippen LogP contribution in [-0.4, -0.2) is 39.9 Å². The van der Waals surface area contributed by atoms with Gasteiger partial charge in [0.2, 0.25) is 0 Å². The van der Waals surface area contributed by atoms with Crippen molar-refractivity contribution in [1.29, 1.82) is 0 Å². The van der Waals surface area contributed by atoms with Crippen LogP contribution >= 0.6 is 0 Å². The minimum absolute atomic E-state index is 0.0169. The van der Waals surface area contributed by atoms with E-state index in [9.17, 15) is 0 Å². The molecule has 2 aromatic rings. The molecule has 2 aromatic heterocycles. The van der Waals surface area contributed by atoms with Gasteiger partial charge in [0.15, 0.2) is 0 Å². The van der Waals surface area contributed by atoms with Crippen molar-refractivity contribution in [2.45, 2.75) is 38.2 Å². The molecule has 25 heavy (non-hydrogen) atoms. The smallest absolute Gasteiger partial charge is 0.148 e. The highest BCUT2D eigenvalue weighted by Crippen LogP contribution is 2.36. The lowest BCUT2D eigenvalue weighted by Crippen LogP contribution is -2.23. The molecule has 3 atom stereocenters. The molecule has 0 amide bonds. The minimum Gasteiger partial charge on any atom is -0.383 e. The average Bonchev–Trinajstić information content (AvgIpc) is 3.19. The first-order valence-corrected chi connectivity index (χ1v) is 8.37. The van der Waals surface area contributed by atoms with Gasteiger partial charge in [0.25, 0.3) is 0 Å². The predicted molar refractivity (Wildman–Crippen MR) is 96.6 cm³/mol. The molecule has 1 aliphatic rings. The Morgan fingerprint density at radius 3 is 3.08 bits per heavy atom. The van der Waals surface area contributed by atoms with Crippen LogP contribution in [0.2, 0.25) is 0 Å². The van der Waals surface area contributed by atoms with E-state index in [2.05, 4.69) is 35.3 Å². The second kappa shape index (κ2) is 7.66. The van der Waals surface area contributed by atoms with E-state index in [-0.39, 0.29) is 25.0 Å². The van der Waals surface area contributed by atoms with E-state index in [1.54, 1.807) is 6.08 Å². The van der Waals surface area contributed by atoms with E-state index in [4.69, 9.17) is 20.9 Å². The van der Waals surface area contributed by atoms with Crippen molar-refractivity contribution in [2.75, 3.05) is 18.9 Å². The van der Waals surface area contributed by atoms with Gasteiger partial charge in [0, 0.05) is 12.6 Å². The Hall–Kier alpha value is -2.40. The predicted octanol–water partition coefficient (Wildman–Crippen LogP) is 1.59. The minimum atomic E-state index is -0.190. The Morgan fingerprint density at radius 2 is 2.36 bits per heavy atom. The molecule has 7 heteroatoms. The van der Waals surface area contributed by atoms with E-state index in [0.29, 0.717) is 18.1 Å². The Morgan fingerprint density at radius 1 is 1.52 bits per heavy atom. The first-order chi connectivity index (χ1) is 12.2. The molecular formula is C18H23N5O2. The fourth-order valence-corrected chi connectivity index (χ4v) is 3.17. The van der Waals surface area contributed by atoms with Gasteiger partial charge in [0.1, 0.15) is 24.0 Å². The first kappa shape index (κ1) is 17.4. The summed E-state index contributed by atoms with van der Waals surface area (Å²) in [7, 11) is 0. The quantitative estimate of drug-likeness (QED) is 0.633. The molecule has 0 aromatic carbocycles. The summed E-state index contributed by atoms with van der Waals surface area (Å²) in [5.41, 5.74) is 13.0. The third-order valence-corrected chi connectivity index (χ3v) is 4.29. The van der Waals surface area contributed by atoms with Crippen LogP contribution in [0.5, 0.6) is 0 Å². The average molecular weight is 341 g/mol. The van der Waals surface area contributed by atoms with Gasteiger partial charge in [-0.1, -0.05) is 24.8 Å². The highest BCUT2D eigenvalue weighted by atomic mass is 16.6. The zero-order chi connectivity index (χ0) is 17.8. The fourth-order valence-electron chi connectivity index (χ4n) is 3.17. The maximum atomic E-state index is 6.20. The molecule has 0 saturated carbocycles. The number of anilines is 1. The van der Waals surface area contributed by atoms with Gasteiger partial charge in [0.05, 0.1) is 36.3 Å². The topological polar surface area (TPSA) is 101 Å². The van der Waals surface area contributed by atoms with Gasteiger partial charge in [-0.25, -0.2) is 9.97 Å². The van der Waals surface area contributed by atoms with Gasteiger partial charge in [-0.3, -0.25) is 0 Å². The van der Waals surface area contributed by atoms with Gasteiger partial charge in [-0.15, -0.1) is 6.58 Å². The van der Waals surface area contributed by atoms with Crippen molar-refractivity contribution in [1.82, 2.24) is 14.5 Å². The second-order valence-corrected chi connectivity index (χ2v) is 5.85. The molecule has 4 N–H and O–H groups in total. The lowest BCUT2D eigenvalue weighted by atomic mass is 10.1. The van der Waals surface area contributed by atoms with Crippen LogP contribution in [0.1, 0.15) is 31.6 Å². The molecule has 1 aliphatic heterocycles. The number of hydrogen-bond donors (Lipinski definition) is 2. The Labute approximate surface area is 147 Å². The number of nitrogens with two attached hydrogens (primary N) is 2. The van der Waals surface area contributed by atoms with Crippen LogP contribution in [0.3, 0.4) is 0 Å². The van der Waals surface area contributed by atoms with Crippen LogP contribution < -0.4 is 11.5 Å². The maximum Gasteiger partial charge on any atom is 0.148 e. The molecule has 3 rings (SSSR count). The third kappa shape index (κ3) is 3.37. The van der Waals surface area contributed by atoms with Gasteiger partial charge in [-0.05, 0) is 6.42 Å². The van der Waals surface area contributed by atoms with Crippen molar-refractivity contribution in [3.63, 3.8) is 0 Å². The van der Waals surface area contributed by atoms with Crippen molar-refractivity contribution in [3.05, 3.63) is 30.7 Å². The number of ether oxygens (including phenoxy) is 2. The molecule has 0 spiro atoms. The number of aromatic nitrogens is 3. The number of nitrogens with zero attached hydrogens (tertiary/aromatic N) is 3. The molecule has 3 heterocycles. The molecule has 0 aliphatic carbocycles. The van der Waals surface area contributed by atoms with Crippen LogP contribution in [0.4, 0.5) is 5.82 Å². The normalized spacial score (nSPS) is 22.7. The van der Waals surface area contributed by atoms with Gasteiger partial charge >= 0.3 is 0 Å². The highest BCUT2D eigenvalue weighted by Gasteiger charge is 2.36. The Kier molecular flexibility index (Phi) is 5.34. The molecule has 0 bridgehead atoms. The second-order valence-electron chi connectivity index (χ2n) is 5.85. The maximum absolute atomic E-state index is 6.20. The standard InChI is InChI=1S/C18H23N5O2/c1-3-8-24-14-9-15(25-13(14)4-2)23-10-12(6-5-7-19)16-17(20)21-11-22-18(16)23/h3,10-11,13-15H,1,4,7-9,19H2,2H3,(H2,20,21,22). The Bertz CT molecular complexity index is 820. The van der Waals surface area contributed by atoms with Crippen molar-refractivity contribution >= 4 is 16.9 Å². The van der Waals surface area contributed by atoms with Crippen LogP contribution in [0.15, 0.2) is 25.2 Å². The van der Waals surface area contributed by atoms with Crippen LogP contribution in [0.25, 0.3) is 11.0 Å². The lowest BCUT2D eigenvalue weighted by molar-refractivity contribution is -0.0330. The molecular weight excluding hydrogens is 318 g/mol. The van der Waals surface area contributed by atoms with Gasteiger partial charge < -0.3 is 25.5 Å². The summed E-state index contributed by atoms with van der Waals surface area (Å²) in [5.74, 6) is 6.31. The zero-order valence-corrected chi connectivity index (χ0v) is 14.3. The fraction of sp³-hybridized carbons (Fsp3) is 0.444. The largest absolute Gasteiger partial charge is 0.383 e. The van der Waals surface area contributed by atoms with Crippen LogP contribution in [-0.2, 0) is 9.47 Å². The summed E-state index contributed by atoms with van der Waals surface area (Å²) >= 11 is 0. The van der Waals surface area contributed by atoms with Crippen LogP contribution in [0, 0.1) is 11.8 Å². The molecule has 132 valence electrons. The van der Waals surface area contributed by atoms with E-state index in [0.717, 1.165) is 23.8 Å². The number of fused-ring (bicyclic) bond motifs is 1. The zero-order valence-electron chi connectivity index (χ0n) is 14.3. The summed E-state index contributed by atoms with van der Waals surface area (Å²) < 4.78 is 14.0. The summed E-state index contributed by atoms with van der Waals surface area (Å²) in [6.45, 7) is 6.57. The lowest BCUT2D eigenvalue weighted by Gasteiger charge is -2.16. The molecule has 1 saturated heterocycles. The number of nitrogen functional groups attached to an aromatic ring is 1. The molecule has 3 unspecified atom stereocenters. The number of hydrogen-bond acceptors (Lipinski definition) is 6. The van der Waals surface area contributed by atoms with E-state index in [1.165, 1.54) is 6.33 Å². The molecule has 1 fully saturated rings. The highest BCUT2D eigenvalue weighted by molar-refractivity contribution is 5.92. The summed E-state index contributed by atoms with van der Waals surface area (Å²) in [5, 5.41) is 0.732. The summed E-state index contributed by atoms with van der Waals surface area (Å²) in [6.07, 6.45) is 6.56. The Balaban J connectivity index is 1.99. The van der Waals surface area contributed by atoms with Gasteiger partial charge in [-0.2, -0.15) is 0 Å². The van der Waals surface area contributed by atoms with Crippen molar-refractivity contribution < 1.29 is 9.47 Å². The number of rotatable bonds is 5. The first-order valence-electron chi connectivity index (χ1n) is 8.37. The van der Waals surface area contributed by atoms with E-state index in [1.807, 2.05) is 10.8 Å². The van der Waals surface area contributed by atoms with E-state index >= 15 is 0 Å². The van der Waals surface area contributed by atoms with Crippen molar-refractivity contribution in [2.24, 2.45) is 5.73 Å².